The second-order valence-electron chi connectivity index (χ2n) is 8.96. The van der Waals surface area contributed by atoms with Crippen molar-refractivity contribution < 1.29 is 22.8 Å². The maximum absolute atomic E-state index is 13.0. The molecule has 1 heterocycles. The molecule has 1 aromatic carbocycles. The van der Waals surface area contributed by atoms with Gasteiger partial charge in [-0.15, -0.1) is 0 Å². The molecule has 1 aliphatic heterocycles. The van der Waals surface area contributed by atoms with Crippen molar-refractivity contribution in [2.75, 3.05) is 13.1 Å². The summed E-state index contributed by atoms with van der Waals surface area (Å²) < 4.78 is 38.9. The molecule has 0 bridgehead atoms. The molecule has 2 amide bonds. The quantitative estimate of drug-likeness (QED) is 0.667. The summed E-state index contributed by atoms with van der Waals surface area (Å²) in [5.41, 5.74) is 3.56. The third-order valence-corrected chi connectivity index (χ3v) is 6.60. The van der Waals surface area contributed by atoms with Crippen LogP contribution in [-0.2, 0) is 22.3 Å². The number of rotatable bonds is 7. The molecule has 32 heavy (non-hydrogen) atoms. The van der Waals surface area contributed by atoms with Crippen molar-refractivity contribution in [3.63, 3.8) is 0 Å². The molecular weight excluding hydrogens is 421 g/mol. The van der Waals surface area contributed by atoms with Gasteiger partial charge in [-0.05, 0) is 37.3 Å². The van der Waals surface area contributed by atoms with E-state index in [4.69, 9.17) is 5.73 Å². The number of primary amides is 1. The van der Waals surface area contributed by atoms with E-state index in [1.54, 1.807) is 6.07 Å². The Morgan fingerprint density at radius 1 is 1.22 bits per heavy atom. The van der Waals surface area contributed by atoms with Gasteiger partial charge in [0.2, 0.25) is 11.8 Å². The van der Waals surface area contributed by atoms with Crippen LogP contribution in [0.15, 0.2) is 24.3 Å². The zero-order chi connectivity index (χ0) is 23.4. The predicted octanol–water partition coefficient (Wildman–Crippen LogP) is 3.32. The van der Waals surface area contributed by atoms with Crippen LogP contribution in [0.25, 0.3) is 0 Å². The molecule has 1 saturated carbocycles. The van der Waals surface area contributed by atoms with Crippen molar-refractivity contribution >= 4 is 11.8 Å². The molecule has 6 nitrogen and oxygen atoms in total. The lowest BCUT2D eigenvalue weighted by Gasteiger charge is -2.34. The molecule has 1 unspecified atom stereocenters. The summed E-state index contributed by atoms with van der Waals surface area (Å²) in [6, 6.07) is 7.27. The highest BCUT2D eigenvalue weighted by Gasteiger charge is 2.42. The Morgan fingerprint density at radius 3 is 2.56 bits per heavy atom. The second kappa shape index (κ2) is 9.49. The van der Waals surface area contributed by atoms with Crippen molar-refractivity contribution in [3.8, 4) is 6.07 Å². The number of amides is 2. The first-order valence-corrected chi connectivity index (χ1v) is 10.8. The second-order valence-corrected chi connectivity index (χ2v) is 8.96. The third kappa shape index (κ3) is 5.60. The molecule has 0 aromatic heterocycles. The number of hydrogen-bond donors (Lipinski definition) is 2. The monoisotopic (exact) mass is 449 g/mol. The average molecular weight is 449 g/mol. The molecule has 0 spiro atoms. The van der Waals surface area contributed by atoms with E-state index in [9.17, 15) is 28.0 Å². The maximum Gasteiger partial charge on any atom is 0.416 e. The zero-order valence-electron chi connectivity index (χ0n) is 17.9. The van der Waals surface area contributed by atoms with Gasteiger partial charge < -0.3 is 11.1 Å². The summed E-state index contributed by atoms with van der Waals surface area (Å²) in [5, 5.41) is 12.5. The Hall–Kier alpha value is -2.60. The van der Waals surface area contributed by atoms with Crippen LogP contribution in [0.4, 0.5) is 13.2 Å². The first-order valence-electron chi connectivity index (χ1n) is 10.8. The lowest BCUT2D eigenvalue weighted by atomic mass is 9.70. The highest BCUT2D eigenvalue weighted by atomic mass is 19.4. The van der Waals surface area contributed by atoms with E-state index in [1.807, 2.05) is 4.90 Å². The molecular formula is C23H28F3N4O2. The average Bonchev–Trinajstić information content (AvgIpc) is 3.15. The minimum absolute atomic E-state index is 0.209. The molecule has 9 heteroatoms. The number of halogens is 3. The van der Waals surface area contributed by atoms with Gasteiger partial charge in [0.1, 0.15) is 5.54 Å². The number of alkyl halides is 3. The van der Waals surface area contributed by atoms with Gasteiger partial charge in [-0.2, -0.15) is 18.4 Å². The van der Waals surface area contributed by atoms with E-state index in [1.165, 1.54) is 12.5 Å². The predicted molar refractivity (Wildman–Crippen MR) is 111 cm³/mol. The highest BCUT2D eigenvalue weighted by Crippen LogP contribution is 2.40. The summed E-state index contributed by atoms with van der Waals surface area (Å²) in [7, 11) is 0. The molecule has 173 valence electrons. The number of carbonyl (C=O) groups excluding carboxylic acids is 2. The minimum atomic E-state index is -4.41. The first-order chi connectivity index (χ1) is 15.1. The normalized spacial score (nSPS) is 23.4. The zero-order valence-corrected chi connectivity index (χ0v) is 17.9. The lowest BCUT2D eigenvalue weighted by molar-refractivity contribution is -0.137. The number of hydrogen-bond acceptors (Lipinski definition) is 4. The summed E-state index contributed by atoms with van der Waals surface area (Å²) >= 11 is 0. The number of nitriles is 1. The van der Waals surface area contributed by atoms with Gasteiger partial charge in [-0.3, -0.25) is 14.5 Å². The SMILES string of the molecule is N#CC1(NC(=O)[CH]CC2(C(N)=O)CCCCC2)CCN(Cc2cccc(C(F)(F)F)c2)C1. The molecule has 2 fully saturated rings. The maximum atomic E-state index is 13.0. The fraction of sp³-hybridized carbons (Fsp3) is 0.565. The highest BCUT2D eigenvalue weighted by molar-refractivity contribution is 5.88. The van der Waals surface area contributed by atoms with E-state index in [2.05, 4.69) is 11.4 Å². The van der Waals surface area contributed by atoms with Gasteiger partial charge in [0.15, 0.2) is 0 Å². The largest absolute Gasteiger partial charge is 0.416 e. The van der Waals surface area contributed by atoms with Crippen LogP contribution >= 0.6 is 0 Å². The number of carbonyl (C=O) groups is 2. The number of nitrogens with two attached hydrogens (primary N) is 1. The fourth-order valence-electron chi connectivity index (χ4n) is 4.70. The Balaban J connectivity index is 1.58. The van der Waals surface area contributed by atoms with Crippen LogP contribution < -0.4 is 11.1 Å². The Kier molecular flexibility index (Phi) is 7.13. The van der Waals surface area contributed by atoms with Crippen LogP contribution in [0.2, 0.25) is 0 Å². The van der Waals surface area contributed by atoms with E-state index in [-0.39, 0.29) is 19.5 Å². The van der Waals surface area contributed by atoms with Crippen molar-refractivity contribution in [2.24, 2.45) is 11.1 Å². The molecule has 1 radical (unpaired) electrons. The van der Waals surface area contributed by atoms with Crippen molar-refractivity contribution in [1.82, 2.24) is 10.2 Å². The Labute approximate surface area is 185 Å². The van der Waals surface area contributed by atoms with Crippen LogP contribution in [0.3, 0.4) is 0 Å². The Bertz CT molecular complexity index is 890. The fourth-order valence-corrected chi connectivity index (χ4v) is 4.70. The molecule has 1 saturated heterocycles. The van der Waals surface area contributed by atoms with Crippen LogP contribution in [0.1, 0.15) is 56.1 Å². The lowest BCUT2D eigenvalue weighted by Crippen LogP contribution is -2.50. The van der Waals surface area contributed by atoms with Crippen molar-refractivity contribution in [2.45, 2.75) is 63.2 Å². The standard InChI is InChI=1S/C23H28F3N4O2/c24-23(25,26)18-6-4-5-17(13-18)14-30-12-11-22(15-27,16-30)29-19(31)7-10-21(20(28)32)8-2-1-3-9-21/h4-7,13H,1-3,8-12,14,16H2,(H2,28,32)(H,29,31). The van der Waals surface area contributed by atoms with Crippen molar-refractivity contribution in [3.05, 3.63) is 41.8 Å². The van der Waals surface area contributed by atoms with Gasteiger partial charge in [0.05, 0.1) is 18.1 Å². The van der Waals surface area contributed by atoms with Gasteiger partial charge >= 0.3 is 6.18 Å². The van der Waals surface area contributed by atoms with Crippen LogP contribution in [0.5, 0.6) is 0 Å². The van der Waals surface area contributed by atoms with Gasteiger partial charge in [0, 0.05) is 25.0 Å². The smallest absolute Gasteiger partial charge is 0.369 e. The van der Waals surface area contributed by atoms with Crippen LogP contribution in [0, 0.1) is 23.2 Å². The number of nitrogens with zero attached hydrogens (tertiary/aromatic N) is 2. The van der Waals surface area contributed by atoms with E-state index >= 15 is 0 Å². The first kappa shape index (κ1) is 24.1. The minimum Gasteiger partial charge on any atom is -0.369 e. The number of nitrogens with one attached hydrogen (secondary N) is 1. The van der Waals surface area contributed by atoms with Gasteiger partial charge in [-0.25, -0.2) is 0 Å². The van der Waals surface area contributed by atoms with Crippen molar-refractivity contribution in [1.29, 1.82) is 5.26 Å². The Morgan fingerprint density at radius 2 is 1.94 bits per heavy atom. The number of benzene rings is 1. The molecule has 3 N–H and O–H groups in total. The molecule has 1 atom stereocenters. The molecule has 2 aliphatic rings. The molecule has 1 aromatic rings. The summed E-state index contributed by atoms with van der Waals surface area (Å²) in [5.74, 6) is -0.831. The molecule has 3 rings (SSSR count). The van der Waals surface area contributed by atoms with E-state index in [0.717, 1.165) is 31.4 Å². The topological polar surface area (TPSA) is 99.2 Å². The van der Waals surface area contributed by atoms with Gasteiger partial charge in [0.25, 0.3) is 0 Å². The van der Waals surface area contributed by atoms with Crippen LogP contribution in [-0.4, -0.2) is 35.3 Å². The molecule has 1 aliphatic carbocycles. The summed E-state index contributed by atoms with van der Waals surface area (Å²) in [6.45, 7) is 0.924. The summed E-state index contributed by atoms with van der Waals surface area (Å²) in [4.78, 5) is 26.4. The third-order valence-electron chi connectivity index (χ3n) is 6.60. The van der Waals surface area contributed by atoms with Gasteiger partial charge in [-0.1, -0.05) is 37.5 Å². The number of likely N-dealkylation sites (tertiary alicyclic amines) is 1. The van der Waals surface area contributed by atoms with E-state index in [0.29, 0.717) is 31.4 Å². The van der Waals surface area contributed by atoms with E-state index < -0.39 is 34.5 Å². The summed E-state index contributed by atoms with van der Waals surface area (Å²) in [6.07, 6.45) is 1.73.